The van der Waals surface area contributed by atoms with Gasteiger partial charge in [0.25, 0.3) is 0 Å². The van der Waals surface area contributed by atoms with E-state index >= 15 is 0 Å². The fourth-order valence-corrected chi connectivity index (χ4v) is 5.62. The van der Waals surface area contributed by atoms with E-state index in [1.165, 1.54) is 0 Å². The minimum atomic E-state index is -1.30. The van der Waals surface area contributed by atoms with Crippen molar-refractivity contribution in [2.24, 2.45) is 5.92 Å². The zero-order valence-electron chi connectivity index (χ0n) is 22.6. The molecule has 8 heteroatoms. The SMILES string of the molecule is CC(Cc1ccc(C#N)cc1)(NC(=O)[C@H]1CCCN(CC(O)(c2ccccc2)c2ccccn2)C1)c1cnc[nH]1. The number of imidazole rings is 1. The van der Waals surface area contributed by atoms with Crippen molar-refractivity contribution < 1.29 is 9.90 Å². The molecule has 3 N–H and O–H groups in total. The molecule has 4 aromatic rings. The predicted molar refractivity (Wildman–Crippen MR) is 152 cm³/mol. The van der Waals surface area contributed by atoms with E-state index in [9.17, 15) is 9.90 Å². The molecule has 0 aliphatic carbocycles. The molecule has 40 heavy (non-hydrogen) atoms. The van der Waals surface area contributed by atoms with E-state index < -0.39 is 11.1 Å². The Kier molecular flexibility index (Phi) is 8.06. The van der Waals surface area contributed by atoms with Gasteiger partial charge in [-0.1, -0.05) is 48.5 Å². The number of piperidine rings is 1. The Morgan fingerprint density at radius 3 is 2.60 bits per heavy atom. The van der Waals surface area contributed by atoms with Crippen LogP contribution < -0.4 is 5.32 Å². The van der Waals surface area contributed by atoms with Gasteiger partial charge >= 0.3 is 0 Å². The highest BCUT2D eigenvalue weighted by Crippen LogP contribution is 2.32. The van der Waals surface area contributed by atoms with Crippen molar-refractivity contribution in [2.45, 2.75) is 37.3 Å². The third-order valence-corrected chi connectivity index (χ3v) is 7.80. The number of benzene rings is 2. The first-order valence-corrected chi connectivity index (χ1v) is 13.6. The summed E-state index contributed by atoms with van der Waals surface area (Å²) in [6.07, 6.45) is 7.20. The number of likely N-dealkylation sites (tertiary alicyclic amines) is 1. The van der Waals surface area contributed by atoms with E-state index in [-0.39, 0.29) is 11.8 Å². The number of β-amino-alcohol motifs (C(OH)–C–C–N with tert-alkyl or cyclic N) is 1. The summed E-state index contributed by atoms with van der Waals surface area (Å²) in [6.45, 7) is 3.64. The third kappa shape index (κ3) is 5.96. The van der Waals surface area contributed by atoms with E-state index in [1.807, 2.05) is 67.6 Å². The fourth-order valence-electron chi connectivity index (χ4n) is 5.62. The van der Waals surface area contributed by atoms with Gasteiger partial charge in [-0.15, -0.1) is 0 Å². The predicted octanol–water partition coefficient (Wildman–Crippen LogP) is 3.90. The number of nitrogens with zero attached hydrogens (tertiary/aromatic N) is 4. The summed E-state index contributed by atoms with van der Waals surface area (Å²) < 4.78 is 0. The fraction of sp³-hybridized carbons (Fsp3) is 0.312. The molecule has 1 saturated heterocycles. The van der Waals surface area contributed by atoms with E-state index in [2.05, 4.69) is 31.2 Å². The molecule has 1 fully saturated rings. The number of amides is 1. The van der Waals surface area contributed by atoms with Gasteiger partial charge in [-0.3, -0.25) is 14.7 Å². The highest BCUT2D eigenvalue weighted by atomic mass is 16.3. The molecular formula is C32H34N6O2. The zero-order chi connectivity index (χ0) is 28.0. The molecule has 8 nitrogen and oxygen atoms in total. The minimum Gasteiger partial charge on any atom is -0.377 e. The van der Waals surface area contributed by atoms with Gasteiger partial charge < -0.3 is 15.4 Å². The molecule has 3 heterocycles. The zero-order valence-corrected chi connectivity index (χ0v) is 22.6. The summed E-state index contributed by atoms with van der Waals surface area (Å²) in [6, 6.07) is 24.7. The highest BCUT2D eigenvalue weighted by molar-refractivity contribution is 5.80. The number of nitrogens with one attached hydrogen (secondary N) is 2. The first-order chi connectivity index (χ1) is 19.4. The second kappa shape index (κ2) is 11.8. The number of aliphatic hydroxyl groups is 1. The average molecular weight is 535 g/mol. The van der Waals surface area contributed by atoms with E-state index in [4.69, 9.17) is 5.26 Å². The van der Waals surface area contributed by atoms with Crippen LogP contribution in [0.15, 0.2) is 91.5 Å². The van der Waals surface area contributed by atoms with E-state index in [0.717, 1.165) is 36.2 Å². The number of hydrogen-bond acceptors (Lipinski definition) is 6. The van der Waals surface area contributed by atoms with Gasteiger partial charge in [-0.25, -0.2) is 4.98 Å². The van der Waals surface area contributed by atoms with Crippen molar-refractivity contribution in [2.75, 3.05) is 19.6 Å². The Balaban J connectivity index is 1.33. The lowest BCUT2D eigenvalue weighted by atomic mass is 9.86. The smallest absolute Gasteiger partial charge is 0.225 e. The van der Waals surface area contributed by atoms with Crippen molar-refractivity contribution in [1.82, 2.24) is 25.2 Å². The normalized spacial score (nSPS) is 18.7. The topological polar surface area (TPSA) is 118 Å². The molecular weight excluding hydrogens is 500 g/mol. The first-order valence-electron chi connectivity index (χ1n) is 13.6. The Labute approximate surface area is 234 Å². The Morgan fingerprint density at radius 1 is 1.15 bits per heavy atom. The summed E-state index contributed by atoms with van der Waals surface area (Å²) in [5.41, 5.74) is 1.75. The van der Waals surface area contributed by atoms with Crippen LogP contribution in [-0.4, -0.2) is 50.5 Å². The molecule has 1 amide bonds. The maximum atomic E-state index is 13.8. The van der Waals surface area contributed by atoms with Gasteiger partial charge in [0.1, 0.15) is 5.60 Å². The second-order valence-corrected chi connectivity index (χ2v) is 10.8. The molecule has 204 valence electrons. The number of carbonyl (C=O) groups is 1. The number of pyridine rings is 1. The van der Waals surface area contributed by atoms with Crippen LogP contribution in [0, 0.1) is 17.2 Å². The number of rotatable bonds is 9. The van der Waals surface area contributed by atoms with Gasteiger partial charge in [0.2, 0.25) is 5.91 Å². The van der Waals surface area contributed by atoms with E-state index in [1.54, 1.807) is 30.9 Å². The number of aromatic amines is 1. The van der Waals surface area contributed by atoms with Crippen LogP contribution >= 0.6 is 0 Å². The number of carbonyl (C=O) groups excluding carboxylic acids is 1. The van der Waals surface area contributed by atoms with Crippen LogP contribution in [0.3, 0.4) is 0 Å². The lowest BCUT2D eigenvalue weighted by Crippen LogP contribution is -2.52. The quantitative estimate of drug-likeness (QED) is 0.300. The van der Waals surface area contributed by atoms with E-state index in [0.29, 0.717) is 30.8 Å². The first kappa shape index (κ1) is 27.3. The van der Waals surface area contributed by atoms with Crippen molar-refractivity contribution in [1.29, 1.82) is 5.26 Å². The van der Waals surface area contributed by atoms with Crippen LogP contribution in [0.25, 0.3) is 0 Å². The van der Waals surface area contributed by atoms with Crippen molar-refractivity contribution in [3.05, 3.63) is 120 Å². The Hall–Kier alpha value is -4.32. The lowest BCUT2D eigenvalue weighted by molar-refractivity contribution is -0.129. The summed E-state index contributed by atoms with van der Waals surface area (Å²) in [5.74, 6) is -0.266. The molecule has 1 aliphatic rings. The number of nitriles is 1. The van der Waals surface area contributed by atoms with Crippen molar-refractivity contribution >= 4 is 5.91 Å². The maximum absolute atomic E-state index is 13.8. The summed E-state index contributed by atoms with van der Waals surface area (Å²) >= 11 is 0. The molecule has 5 rings (SSSR count). The molecule has 2 aromatic carbocycles. The molecule has 0 saturated carbocycles. The lowest BCUT2D eigenvalue weighted by Gasteiger charge is -2.39. The third-order valence-electron chi connectivity index (χ3n) is 7.80. The van der Waals surface area contributed by atoms with Crippen LogP contribution in [-0.2, 0) is 22.4 Å². The van der Waals surface area contributed by atoms with Gasteiger partial charge in [-0.05, 0) is 61.7 Å². The van der Waals surface area contributed by atoms with Crippen LogP contribution in [0.2, 0.25) is 0 Å². The molecule has 0 spiro atoms. The Bertz CT molecular complexity index is 1400. The van der Waals surface area contributed by atoms with Gasteiger partial charge in [0.05, 0.1) is 47.0 Å². The maximum Gasteiger partial charge on any atom is 0.225 e. The Morgan fingerprint density at radius 2 is 1.93 bits per heavy atom. The number of aromatic nitrogens is 3. The summed E-state index contributed by atoms with van der Waals surface area (Å²) in [7, 11) is 0. The second-order valence-electron chi connectivity index (χ2n) is 10.8. The van der Waals surface area contributed by atoms with Crippen LogP contribution in [0.4, 0.5) is 0 Å². The summed E-state index contributed by atoms with van der Waals surface area (Å²) in [5, 5.41) is 24.5. The molecule has 2 unspecified atom stereocenters. The number of hydrogen-bond donors (Lipinski definition) is 3. The van der Waals surface area contributed by atoms with Crippen LogP contribution in [0.1, 0.15) is 47.8 Å². The largest absolute Gasteiger partial charge is 0.377 e. The average Bonchev–Trinajstić information content (AvgIpc) is 3.55. The van der Waals surface area contributed by atoms with Crippen molar-refractivity contribution in [3.8, 4) is 6.07 Å². The standard InChI is InChI=1S/C32H34N6O2/c1-31(29-20-34-23-36-29,18-24-12-14-25(19-33)15-13-24)37-30(39)26-8-7-17-38(21-26)22-32(40,27-9-3-2-4-10-27)28-11-5-6-16-35-28/h2-6,9-16,20,23,26,40H,7-8,17-18,21-22H2,1H3,(H,34,36)(H,37,39)/t26-,31?,32?/m0/s1. The molecule has 0 radical (unpaired) electrons. The molecule has 3 atom stereocenters. The minimum absolute atomic E-state index is 0.0310. The van der Waals surface area contributed by atoms with Gasteiger partial charge in [0, 0.05) is 25.7 Å². The van der Waals surface area contributed by atoms with Gasteiger partial charge in [0.15, 0.2) is 0 Å². The van der Waals surface area contributed by atoms with Crippen molar-refractivity contribution in [3.63, 3.8) is 0 Å². The highest BCUT2D eigenvalue weighted by Gasteiger charge is 2.39. The molecule has 0 bridgehead atoms. The molecule has 1 aliphatic heterocycles. The van der Waals surface area contributed by atoms with Crippen LogP contribution in [0.5, 0.6) is 0 Å². The van der Waals surface area contributed by atoms with Gasteiger partial charge in [-0.2, -0.15) is 5.26 Å². The number of H-pyrrole nitrogens is 1. The monoisotopic (exact) mass is 534 g/mol. The summed E-state index contributed by atoms with van der Waals surface area (Å²) in [4.78, 5) is 27.8. The molecule has 2 aromatic heterocycles.